The first-order chi connectivity index (χ1) is 26.1. The Bertz CT molecular complexity index is 1390. The number of ketones is 2. The smallest absolute Gasteiger partial charge is 0.330 e. The van der Waals surface area contributed by atoms with E-state index >= 15 is 0 Å². The molecule has 0 saturated carbocycles. The fraction of sp³-hybridized carbons (Fsp3) is 0.800. The number of Topliss-reactive ketones (excluding diaryl/α,β-unsaturated/α-hetero) is 2. The monoisotopic (exact) mass is 793 g/mol. The SMILES string of the molecule is CC[C@H]1/C=C/C=C/C[C@@H](C)[C@H](O)[C@@](C)(O)C(=O)[C@@H](C)[C@H](O)[C@@H](C)C(=O)[C@@H](C)[C@H](O)[C@@H](C)/C=C/C(=O)O[C@@H]2[C@H](C)[C@H](CC1)O[C@]1(CC[C@H](C)[C@H](C[C@H](C)F)O1)[C@H]2C. The van der Waals surface area contributed by atoms with E-state index in [9.17, 15) is 39.2 Å². The van der Waals surface area contributed by atoms with Crippen molar-refractivity contribution in [1.82, 2.24) is 0 Å². The lowest BCUT2D eigenvalue weighted by atomic mass is 9.74. The fourth-order valence-electron chi connectivity index (χ4n) is 9.00. The number of ether oxygens (including phenoxy) is 3. The maximum absolute atomic E-state index is 14.3. The highest BCUT2D eigenvalue weighted by atomic mass is 19.1. The number of rotatable bonds is 3. The van der Waals surface area contributed by atoms with Gasteiger partial charge in [-0.2, -0.15) is 0 Å². The summed E-state index contributed by atoms with van der Waals surface area (Å²) in [5, 5.41) is 44.7. The Kier molecular flexibility index (Phi) is 17.7. The molecule has 0 aromatic heterocycles. The van der Waals surface area contributed by atoms with Crippen molar-refractivity contribution in [2.45, 2.75) is 175 Å². The van der Waals surface area contributed by atoms with Crippen molar-refractivity contribution in [2.75, 3.05) is 0 Å². The van der Waals surface area contributed by atoms with E-state index in [0.29, 0.717) is 19.3 Å². The van der Waals surface area contributed by atoms with Crippen LogP contribution < -0.4 is 0 Å². The normalized spacial score (nSPS) is 46.8. The summed E-state index contributed by atoms with van der Waals surface area (Å²) in [4.78, 5) is 40.5. The molecule has 0 aromatic carbocycles. The van der Waals surface area contributed by atoms with Crippen molar-refractivity contribution in [3.8, 4) is 0 Å². The van der Waals surface area contributed by atoms with Gasteiger partial charge in [-0.15, -0.1) is 0 Å². The third-order valence-electron chi connectivity index (χ3n) is 13.4. The Morgan fingerprint density at radius 3 is 2.12 bits per heavy atom. The molecule has 1 spiro atoms. The van der Waals surface area contributed by atoms with Gasteiger partial charge < -0.3 is 34.6 Å². The molecule has 10 nitrogen and oxygen atoms in total. The summed E-state index contributed by atoms with van der Waals surface area (Å²) in [5.41, 5.74) is -2.19. The average Bonchev–Trinajstić information content (AvgIpc) is 3.16. The molecule has 0 amide bonds. The maximum Gasteiger partial charge on any atom is 0.330 e. The lowest BCUT2D eigenvalue weighted by molar-refractivity contribution is -0.370. The van der Waals surface area contributed by atoms with Crippen LogP contribution >= 0.6 is 0 Å². The fourth-order valence-corrected chi connectivity index (χ4v) is 9.00. The quantitative estimate of drug-likeness (QED) is 0.223. The van der Waals surface area contributed by atoms with Crippen LogP contribution in [0.2, 0.25) is 0 Å². The van der Waals surface area contributed by atoms with Gasteiger partial charge >= 0.3 is 5.97 Å². The minimum Gasteiger partial charge on any atom is -0.458 e. The molecule has 3 heterocycles. The van der Waals surface area contributed by atoms with E-state index in [4.69, 9.17) is 14.2 Å². The van der Waals surface area contributed by atoms with Gasteiger partial charge in [0.2, 0.25) is 0 Å². The summed E-state index contributed by atoms with van der Waals surface area (Å²) >= 11 is 0. The number of esters is 1. The number of aliphatic hydroxyl groups excluding tert-OH is 3. The van der Waals surface area contributed by atoms with E-state index in [-0.39, 0.29) is 42.3 Å². The molecule has 3 aliphatic rings. The van der Waals surface area contributed by atoms with Gasteiger partial charge in [0.1, 0.15) is 17.5 Å². The van der Waals surface area contributed by atoms with Crippen molar-refractivity contribution in [2.24, 2.45) is 53.3 Å². The highest BCUT2D eigenvalue weighted by Gasteiger charge is 2.56. The minimum absolute atomic E-state index is 0.139. The van der Waals surface area contributed by atoms with Crippen LogP contribution in [0.3, 0.4) is 0 Å². The second-order valence-electron chi connectivity index (χ2n) is 17.9. The first-order valence-corrected chi connectivity index (χ1v) is 21.2. The van der Waals surface area contributed by atoms with Gasteiger partial charge in [0.25, 0.3) is 0 Å². The van der Waals surface area contributed by atoms with Crippen LogP contribution in [0.5, 0.6) is 0 Å². The molecule has 3 rings (SSSR count). The Morgan fingerprint density at radius 2 is 1.50 bits per heavy atom. The molecule has 0 aliphatic carbocycles. The first-order valence-electron chi connectivity index (χ1n) is 21.2. The van der Waals surface area contributed by atoms with Gasteiger partial charge in [-0.25, -0.2) is 9.18 Å². The number of hydrogen-bond donors (Lipinski definition) is 4. The van der Waals surface area contributed by atoms with Crippen molar-refractivity contribution in [3.63, 3.8) is 0 Å². The van der Waals surface area contributed by atoms with Gasteiger partial charge in [-0.05, 0) is 63.7 Å². The molecule has 3 aliphatic heterocycles. The van der Waals surface area contributed by atoms with Crippen LogP contribution in [0, 0.1) is 53.3 Å². The molecule has 0 unspecified atom stereocenters. The molecule has 320 valence electrons. The van der Waals surface area contributed by atoms with E-state index in [1.165, 1.54) is 46.8 Å². The van der Waals surface area contributed by atoms with Crippen LogP contribution in [0.25, 0.3) is 0 Å². The molecule has 56 heavy (non-hydrogen) atoms. The molecule has 2 bridgehead atoms. The number of hydrogen-bond acceptors (Lipinski definition) is 10. The van der Waals surface area contributed by atoms with Gasteiger partial charge in [-0.1, -0.05) is 92.7 Å². The molecule has 2 saturated heterocycles. The zero-order valence-corrected chi connectivity index (χ0v) is 35.8. The predicted molar refractivity (Wildman–Crippen MR) is 214 cm³/mol. The molecule has 4 N–H and O–H groups in total. The lowest BCUT2D eigenvalue weighted by Crippen LogP contribution is -2.62. The number of aliphatic hydroxyl groups is 4. The van der Waals surface area contributed by atoms with E-state index in [2.05, 4.69) is 19.9 Å². The summed E-state index contributed by atoms with van der Waals surface area (Å²) in [5.74, 6) is -7.57. The van der Waals surface area contributed by atoms with Crippen LogP contribution in [-0.4, -0.2) is 92.1 Å². The Morgan fingerprint density at radius 1 is 0.857 bits per heavy atom. The van der Waals surface area contributed by atoms with Crippen molar-refractivity contribution in [3.05, 3.63) is 36.5 Å². The third kappa shape index (κ3) is 11.5. The second kappa shape index (κ2) is 20.6. The molecule has 18 atom stereocenters. The molecule has 0 radical (unpaired) electrons. The van der Waals surface area contributed by atoms with E-state index < -0.39 is 89.1 Å². The number of fused-ring (bicyclic) bond motifs is 2. The second-order valence-corrected chi connectivity index (χ2v) is 17.9. The zero-order valence-electron chi connectivity index (χ0n) is 35.8. The lowest BCUT2D eigenvalue weighted by Gasteiger charge is -2.55. The summed E-state index contributed by atoms with van der Waals surface area (Å²) in [7, 11) is 0. The van der Waals surface area contributed by atoms with Crippen molar-refractivity contribution >= 4 is 17.5 Å². The topological polar surface area (TPSA) is 160 Å². The van der Waals surface area contributed by atoms with Crippen LogP contribution in [0.15, 0.2) is 36.5 Å². The van der Waals surface area contributed by atoms with E-state index in [0.717, 1.165) is 19.3 Å². The minimum atomic E-state index is -2.19. The summed E-state index contributed by atoms with van der Waals surface area (Å²) in [6.07, 6.45) is 8.45. The summed E-state index contributed by atoms with van der Waals surface area (Å²) in [6.45, 7) is 18.7. The number of carbonyl (C=O) groups excluding carboxylic acids is 3. The number of alkyl halides is 1. The van der Waals surface area contributed by atoms with E-state index in [1.807, 2.05) is 32.1 Å². The zero-order chi connectivity index (χ0) is 42.3. The van der Waals surface area contributed by atoms with Crippen molar-refractivity contribution in [1.29, 1.82) is 0 Å². The van der Waals surface area contributed by atoms with E-state index in [1.54, 1.807) is 13.8 Å². The number of allylic oxidation sites excluding steroid dienone is 4. The maximum atomic E-state index is 14.3. The first kappa shape index (κ1) is 48.1. The van der Waals surface area contributed by atoms with Crippen LogP contribution in [0.1, 0.15) is 121 Å². The van der Waals surface area contributed by atoms with Gasteiger partial charge in [0.15, 0.2) is 11.6 Å². The summed E-state index contributed by atoms with van der Waals surface area (Å²) < 4.78 is 34.2. The van der Waals surface area contributed by atoms with Gasteiger partial charge in [0, 0.05) is 54.4 Å². The molecular formula is C45H73FO10. The van der Waals surface area contributed by atoms with Gasteiger partial charge in [-0.3, -0.25) is 9.59 Å². The Hall–Kier alpha value is -2.28. The largest absolute Gasteiger partial charge is 0.458 e. The molecule has 2 fully saturated rings. The highest BCUT2D eigenvalue weighted by Crippen LogP contribution is 2.49. The van der Waals surface area contributed by atoms with Crippen LogP contribution in [-0.2, 0) is 28.6 Å². The molecule has 11 heteroatoms. The number of halogens is 1. The molecule has 0 aromatic rings. The van der Waals surface area contributed by atoms with Gasteiger partial charge in [0.05, 0.1) is 36.7 Å². The predicted octanol–water partition coefficient (Wildman–Crippen LogP) is 6.86. The number of carbonyl (C=O) groups is 3. The highest BCUT2D eigenvalue weighted by molar-refractivity contribution is 5.91. The Balaban J connectivity index is 1.99. The average molecular weight is 793 g/mol. The van der Waals surface area contributed by atoms with Crippen LogP contribution in [0.4, 0.5) is 4.39 Å². The molecular weight excluding hydrogens is 719 g/mol. The van der Waals surface area contributed by atoms with Crippen molar-refractivity contribution < 1.29 is 53.4 Å². The standard InChI is InChI=1S/C45H73FO10/c1-12-34-17-15-13-14-16-27(4)42(51)44(11,53)43(52)32(9)40(50)31(8)39(49)30(7)38(48)26(3)18-21-37(47)54-41-29(6)35(20-19-34)55-45(33(41)10)23-22-25(2)36(56-45)24-28(5)46/h13-15,17-18,21,25-36,38,40-42,48,50-51,53H,12,16,19-20,22-24H2,1-11H3/b14-13+,17-15+,21-18+/t25-,26-,27+,28-,29+,30-,31-,32-,33-,34-,35-,36-,38+,40+,41+,42-,44+,45-/m0/s1. The summed E-state index contributed by atoms with van der Waals surface area (Å²) in [6, 6.07) is 0. The Labute approximate surface area is 335 Å². The third-order valence-corrected chi connectivity index (χ3v) is 13.4.